The Kier molecular flexibility index (Phi) is 5.84. The maximum atomic E-state index is 12.9. The summed E-state index contributed by atoms with van der Waals surface area (Å²) in [5.41, 5.74) is 2.38. The molecule has 0 aliphatic carbocycles. The molecule has 1 amide bonds. The third-order valence-corrected chi connectivity index (χ3v) is 5.25. The van der Waals surface area contributed by atoms with Gasteiger partial charge in [-0.3, -0.25) is 4.79 Å². The molecule has 1 unspecified atom stereocenters. The fourth-order valence-electron chi connectivity index (χ4n) is 3.70. The molecule has 2 aromatic carbocycles. The molecular weight excluding hydrogens is 360 g/mol. The molecule has 29 heavy (non-hydrogen) atoms. The number of hydrogen-bond donors (Lipinski definition) is 1. The van der Waals surface area contributed by atoms with Crippen LogP contribution < -0.4 is 10.2 Å². The van der Waals surface area contributed by atoms with Crippen LogP contribution in [0.4, 0.5) is 5.82 Å². The van der Waals surface area contributed by atoms with Crippen molar-refractivity contribution in [2.75, 3.05) is 18.0 Å². The molecule has 1 aliphatic rings. The van der Waals surface area contributed by atoms with E-state index < -0.39 is 0 Å². The SMILES string of the molecule is CC1CCCN(c2cc(C(=O)NCc3ccccc3)nc(-c3ccccc3)n2)C1. The molecule has 1 aromatic heterocycles. The topological polar surface area (TPSA) is 58.1 Å². The number of nitrogens with zero attached hydrogens (tertiary/aromatic N) is 3. The summed E-state index contributed by atoms with van der Waals surface area (Å²) >= 11 is 0. The molecule has 1 saturated heterocycles. The number of anilines is 1. The van der Waals surface area contributed by atoms with Gasteiger partial charge in [0.1, 0.15) is 11.5 Å². The first-order chi connectivity index (χ1) is 14.2. The normalized spacial score (nSPS) is 16.4. The molecule has 5 heteroatoms. The Morgan fingerprint density at radius 2 is 1.79 bits per heavy atom. The minimum atomic E-state index is -0.181. The van der Waals surface area contributed by atoms with Crippen LogP contribution in [0.15, 0.2) is 66.7 Å². The lowest BCUT2D eigenvalue weighted by Crippen LogP contribution is -2.35. The lowest BCUT2D eigenvalue weighted by Gasteiger charge is -2.32. The summed E-state index contributed by atoms with van der Waals surface area (Å²) in [6, 6.07) is 21.6. The quantitative estimate of drug-likeness (QED) is 0.710. The smallest absolute Gasteiger partial charge is 0.270 e. The third kappa shape index (κ3) is 4.80. The number of carbonyl (C=O) groups excluding carboxylic acids is 1. The average molecular weight is 386 g/mol. The van der Waals surface area contributed by atoms with E-state index in [1.54, 1.807) is 0 Å². The number of carbonyl (C=O) groups is 1. The predicted molar refractivity (Wildman–Crippen MR) is 116 cm³/mol. The van der Waals surface area contributed by atoms with Gasteiger partial charge in [-0.2, -0.15) is 0 Å². The van der Waals surface area contributed by atoms with E-state index in [-0.39, 0.29) is 5.91 Å². The first-order valence-corrected chi connectivity index (χ1v) is 10.2. The predicted octanol–water partition coefficient (Wildman–Crippen LogP) is 4.31. The molecular formula is C24H26N4O. The van der Waals surface area contributed by atoms with E-state index in [0.29, 0.717) is 24.0 Å². The number of hydrogen-bond acceptors (Lipinski definition) is 4. The zero-order valence-electron chi connectivity index (χ0n) is 16.7. The van der Waals surface area contributed by atoms with Crippen molar-refractivity contribution in [3.8, 4) is 11.4 Å². The number of nitrogens with one attached hydrogen (secondary N) is 1. The Morgan fingerprint density at radius 1 is 1.07 bits per heavy atom. The molecule has 1 fully saturated rings. The van der Waals surface area contributed by atoms with E-state index in [4.69, 9.17) is 4.98 Å². The van der Waals surface area contributed by atoms with Crippen LogP contribution in [0.3, 0.4) is 0 Å². The van der Waals surface area contributed by atoms with E-state index in [2.05, 4.69) is 22.1 Å². The van der Waals surface area contributed by atoms with E-state index in [1.807, 2.05) is 66.7 Å². The van der Waals surface area contributed by atoms with Gasteiger partial charge in [0.25, 0.3) is 5.91 Å². The Morgan fingerprint density at radius 3 is 2.52 bits per heavy atom. The van der Waals surface area contributed by atoms with E-state index in [9.17, 15) is 4.79 Å². The maximum absolute atomic E-state index is 12.9. The largest absolute Gasteiger partial charge is 0.356 e. The second kappa shape index (κ2) is 8.86. The maximum Gasteiger partial charge on any atom is 0.270 e. The molecule has 2 heterocycles. The van der Waals surface area contributed by atoms with Crippen molar-refractivity contribution in [1.82, 2.24) is 15.3 Å². The molecule has 0 spiro atoms. The fraction of sp³-hybridized carbons (Fsp3) is 0.292. The summed E-state index contributed by atoms with van der Waals surface area (Å²) in [6.45, 7) is 4.65. The van der Waals surface area contributed by atoms with Crippen LogP contribution in [0.25, 0.3) is 11.4 Å². The Bertz CT molecular complexity index is 959. The fourth-order valence-corrected chi connectivity index (χ4v) is 3.70. The molecule has 1 N–H and O–H groups in total. The van der Waals surface area contributed by atoms with Crippen molar-refractivity contribution in [3.05, 3.63) is 78.0 Å². The van der Waals surface area contributed by atoms with Gasteiger partial charge in [0, 0.05) is 31.3 Å². The van der Waals surface area contributed by atoms with Gasteiger partial charge in [-0.25, -0.2) is 9.97 Å². The highest BCUT2D eigenvalue weighted by Gasteiger charge is 2.21. The van der Waals surface area contributed by atoms with Crippen molar-refractivity contribution in [2.45, 2.75) is 26.3 Å². The first kappa shape index (κ1) is 19.1. The zero-order valence-corrected chi connectivity index (χ0v) is 16.7. The van der Waals surface area contributed by atoms with E-state index in [1.165, 1.54) is 6.42 Å². The number of aromatic nitrogens is 2. The summed E-state index contributed by atoms with van der Waals surface area (Å²) in [7, 11) is 0. The second-order valence-electron chi connectivity index (χ2n) is 7.66. The number of rotatable bonds is 5. The van der Waals surface area contributed by atoms with Crippen LogP contribution >= 0.6 is 0 Å². The highest BCUT2D eigenvalue weighted by atomic mass is 16.1. The molecule has 5 nitrogen and oxygen atoms in total. The molecule has 148 valence electrons. The molecule has 4 rings (SSSR count). The Hall–Kier alpha value is -3.21. The van der Waals surface area contributed by atoms with Gasteiger partial charge >= 0.3 is 0 Å². The summed E-state index contributed by atoms with van der Waals surface area (Å²) in [5.74, 6) is 1.86. The highest BCUT2D eigenvalue weighted by Crippen LogP contribution is 2.25. The first-order valence-electron chi connectivity index (χ1n) is 10.2. The van der Waals surface area contributed by atoms with E-state index >= 15 is 0 Å². The minimum absolute atomic E-state index is 0.181. The highest BCUT2D eigenvalue weighted by molar-refractivity contribution is 5.93. The standard InChI is InChI=1S/C24H26N4O/c1-18-9-8-14-28(17-18)22-15-21(24(29)25-16-19-10-4-2-5-11-19)26-23(27-22)20-12-6-3-7-13-20/h2-7,10-13,15,18H,8-9,14,16-17H2,1H3,(H,25,29). The summed E-state index contributed by atoms with van der Waals surface area (Å²) < 4.78 is 0. The van der Waals surface area contributed by atoms with Gasteiger partial charge in [-0.1, -0.05) is 67.6 Å². The van der Waals surface area contributed by atoms with Crippen LogP contribution in [0.2, 0.25) is 0 Å². The van der Waals surface area contributed by atoms with Gasteiger partial charge in [-0.05, 0) is 24.3 Å². The number of benzene rings is 2. The van der Waals surface area contributed by atoms with Crippen LogP contribution in [0, 0.1) is 5.92 Å². The van der Waals surface area contributed by atoms with Crippen LogP contribution in [-0.2, 0) is 6.54 Å². The monoisotopic (exact) mass is 386 g/mol. The molecule has 1 aliphatic heterocycles. The number of amides is 1. The van der Waals surface area contributed by atoms with Crippen LogP contribution in [0.1, 0.15) is 35.8 Å². The summed E-state index contributed by atoms with van der Waals surface area (Å²) in [5, 5.41) is 2.99. The van der Waals surface area contributed by atoms with Crippen molar-refractivity contribution >= 4 is 11.7 Å². The van der Waals surface area contributed by atoms with Crippen molar-refractivity contribution in [1.29, 1.82) is 0 Å². The zero-order chi connectivity index (χ0) is 20.1. The van der Waals surface area contributed by atoms with Crippen molar-refractivity contribution in [3.63, 3.8) is 0 Å². The third-order valence-electron chi connectivity index (χ3n) is 5.25. The molecule has 1 atom stereocenters. The molecule has 0 saturated carbocycles. The second-order valence-corrected chi connectivity index (χ2v) is 7.66. The summed E-state index contributed by atoms with van der Waals surface area (Å²) in [4.78, 5) is 24.5. The molecule has 0 bridgehead atoms. The van der Waals surface area contributed by atoms with Crippen LogP contribution in [0.5, 0.6) is 0 Å². The van der Waals surface area contributed by atoms with Crippen molar-refractivity contribution < 1.29 is 4.79 Å². The lowest BCUT2D eigenvalue weighted by atomic mass is 10.0. The Labute approximate surface area is 171 Å². The van der Waals surface area contributed by atoms with Gasteiger partial charge in [0.2, 0.25) is 0 Å². The number of piperidine rings is 1. The van der Waals surface area contributed by atoms with Gasteiger partial charge in [-0.15, -0.1) is 0 Å². The summed E-state index contributed by atoms with van der Waals surface area (Å²) in [6.07, 6.45) is 2.37. The Balaban J connectivity index is 1.63. The van der Waals surface area contributed by atoms with Gasteiger partial charge < -0.3 is 10.2 Å². The van der Waals surface area contributed by atoms with Gasteiger partial charge in [0.05, 0.1) is 0 Å². The minimum Gasteiger partial charge on any atom is -0.356 e. The van der Waals surface area contributed by atoms with Crippen molar-refractivity contribution in [2.24, 2.45) is 5.92 Å². The van der Waals surface area contributed by atoms with E-state index in [0.717, 1.165) is 36.5 Å². The molecule has 0 radical (unpaired) electrons. The van der Waals surface area contributed by atoms with Gasteiger partial charge in [0.15, 0.2) is 5.82 Å². The average Bonchev–Trinajstić information content (AvgIpc) is 2.78. The van der Waals surface area contributed by atoms with Crippen LogP contribution in [-0.4, -0.2) is 29.0 Å². The molecule has 3 aromatic rings. The lowest BCUT2D eigenvalue weighted by molar-refractivity contribution is 0.0946.